The Morgan fingerprint density at radius 2 is 2.05 bits per heavy atom. The third-order valence-corrected chi connectivity index (χ3v) is 4.43. The molecule has 1 saturated heterocycles. The number of amides is 1. The highest BCUT2D eigenvalue weighted by atomic mass is 16.6. The number of β-amino-alcohol motifs (C(OH)–C–C–N with tert-alkyl or cyclic N) is 1. The van der Waals surface area contributed by atoms with Crippen LogP contribution in [0.15, 0.2) is 0 Å². The molecule has 0 bridgehead atoms. The summed E-state index contributed by atoms with van der Waals surface area (Å²) in [5.41, 5.74) is 6.08. The van der Waals surface area contributed by atoms with E-state index in [9.17, 15) is 9.90 Å². The number of nitrogens with zero attached hydrogens (tertiary/aromatic N) is 1. The van der Waals surface area contributed by atoms with Crippen LogP contribution in [-0.4, -0.2) is 59.2 Å². The number of aliphatic hydroxyl groups excluding tert-OH is 2. The molecule has 3 atom stereocenters. The average molecular weight is 286 g/mol. The lowest BCUT2D eigenvalue weighted by Crippen LogP contribution is -2.46. The van der Waals surface area contributed by atoms with Gasteiger partial charge in [0, 0.05) is 12.6 Å². The van der Waals surface area contributed by atoms with Gasteiger partial charge < -0.3 is 25.6 Å². The molecule has 1 aliphatic carbocycles. The van der Waals surface area contributed by atoms with Gasteiger partial charge in [-0.15, -0.1) is 0 Å². The molecule has 0 aromatic heterocycles. The van der Waals surface area contributed by atoms with Crippen LogP contribution in [0.1, 0.15) is 38.5 Å². The number of hydrogen-bond acceptors (Lipinski definition) is 5. The quantitative estimate of drug-likeness (QED) is 0.659. The van der Waals surface area contributed by atoms with Crippen LogP contribution in [0.4, 0.5) is 4.79 Å². The van der Waals surface area contributed by atoms with Crippen molar-refractivity contribution in [3.8, 4) is 0 Å². The van der Waals surface area contributed by atoms with Crippen molar-refractivity contribution in [2.75, 3.05) is 19.7 Å². The highest BCUT2D eigenvalue weighted by molar-refractivity contribution is 5.70. The van der Waals surface area contributed by atoms with Crippen molar-refractivity contribution in [1.82, 2.24) is 4.90 Å². The lowest BCUT2D eigenvalue weighted by molar-refractivity contribution is 0.0120. The van der Waals surface area contributed by atoms with Crippen molar-refractivity contribution in [3.05, 3.63) is 0 Å². The van der Waals surface area contributed by atoms with Crippen molar-refractivity contribution < 1.29 is 19.7 Å². The lowest BCUT2D eigenvalue weighted by Gasteiger charge is -2.28. The van der Waals surface area contributed by atoms with Gasteiger partial charge in [0.25, 0.3) is 0 Å². The molecule has 1 heterocycles. The summed E-state index contributed by atoms with van der Waals surface area (Å²) in [7, 11) is 0. The lowest BCUT2D eigenvalue weighted by atomic mass is 9.83. The van der Waals surface area contributed by atoms with Crippen LogP contribution in [0.5, 0.6) is 0 Å². The number of nitrogens with two attached hydrogens (primary N) is 1. The maximum atomic E-state index is 11.5. The molecule has 0 radical (unpaired) electrons. The van der Waals surface area contributed by atoms with Gasteiger partial charge in [0.15, 0.2) is 0 Å². The van der Waals surface area contributed by atoms with Gasteiger partial charge in [-0.2, -0.15) is 0 Å². The molecule has 1 amide bonds. The monoisotopic (exact) mass is 286 g/mol. The summed E-state index contributed by atoms with van der Waals surface area (Å²) in [5.74, 6) is 0.582. The molecule has 2 fully saturated rings. The number of cyclic esters (lactones) is 1. The van der Waals surface area contributed by atoms with Gasteiger partial charge in [-0.25, -0.2) is 4.79 Å². The molecule has 1 saturated carbocycles. The summed E-state index contributed by atoms with van der Waals surface area (Å²) in [4.78, 5) is 12.9. The van der Waals surface area contributed by atoms with E-state index in [1.807, 2.05) is 0 Å². The summed E-state index contributed by atoms with van der Waals surface area (Å²) in [6.45, 7) is 0.435. The van der Waals surface area contributed by atoms with Crippen molar-refractivity contribution in [1.29, 1.82) is 0 Å². The van der Waals surface area contributed by atoms with E-state index in [-0.39, 0.29) is 19.2 Å². The molecule has 0 spiro atoms. The van der Waals surface area contributed by atoms with Gasteiger partial charge in [0.05, 0.1) is 13.2 Å². The van der Waals surface area contributed by atoms with Crippen molar-refractivity contribution >= 4 is 6.09 Å². The minimum absolute atomic E-state index is 0.105. The first-order valence-corrected chi connectivity index (χ1v) is 7.62. The van der Waals surface area contributed by atoms with Crippen LogP contribution in [0.25, 0.3) is 0 Å². The van der Waals surface area contributed by atoms with Crippen molar-refractivity contribution in [2.24, 2.45) is 11.7 Å². The van der Waals surface area contributed by atoms with Crippen LogP contribution in [0.2, 0.25) is 0 Å². The van der Waals surface area contributed by atoms with E-state index in [0.717, 1.165) is 6.42 Å². The molecule has 6 nitrogen and oxygen atoms in total. The van der Waals surface area contributed by atoms with Crippen LogP contribution in [0.3, 0.4) is 0 Å². The van der Waals surface area contributed by atoms with Gasteiger partial charge in [-0.05, 0) is 12.3 Å². The third kappa shape index (κ3) is 3.84. The van der Waals surface area contributed by atoms with Gasteiger partial charge in [-0.3, -0.25) is 0 Å². The molecule has 0 aromatic carbocycles. The summed E-state index contributed by atoms with van der Waals surface area (Å²) < 4.78 is 5.14. The van der Waals surface area contributed by atoms with E-state index in [0.29, 0.717) is 12.5 Å². The first-order chi connectivity index (χ1) is 9.61. The zero-order valence-electron chi connectivity index (χ0n) is 11.9. The number of ether oxygens (including phenoxy) is 1. The number of aliphatic hydroxyl groups is 2. The standard InChI is InChI=1S/C14H26N2O4/c15-11(8-10-4-2-1-3-5-10)13(18)12-9-16(6-7-17)14(19)20-12/h10-13,17-18H,1-9,15H2/t11?,12-,13?/m0/s1. The van der Waals surface area contributed by atoms with Gasteiger partial charge in [0.1, 0.15) is 12.2 Å². The van der Waals surface area contributed by atoms with E-state index < -0.39 is 18.3 Å². The third-order valence-electron chi connectivity index (χ3n) is 4.43. The summed E-state index contributed by atoms with van der Waals surface area (Å²) in [6.07, 6.45) is 5.06. The Balaban J connectivity index is 1.81. The molecular formula is C14H26N2O4. The maximum Gasteiger partial charge on any atom is 0.410 e. The summed E-state index contributed by atoms with van der Waals surface area (Å²) in [6, 6.07) is -0.357. The van der Waals surface area contributed by atoms with E-state index in [1.165, 1.54) is 37.0 Å². The minimum Gasteiger partial charge on any atom is -0.441 e. The fourth-order valence-electron chi connectivity index (χ4n) is 3.24. The molecule has 2 unspecified atom stereocenters. The van der Waals surface area contributed by atoms with Gasteiger partial charge in [-0.1, -0.05) is 32.1 Å². The Bertz CT molecular complexity index is 320. The first-order valence-electron chi connectivity index (χ1n) is 7.62. The van der Waals surface area contributed by atoms with Crippen molar-refractivity contribution in [3.63, 3.8) is 0 Å². The number of hydrogen-bond donors (Lipinski definition) is 3. The Hall–Kier alpha value is -0.850. The smallest absolute Gasteiger partial charge is 0.410 e. The predicted molar refractivity (Wildman–Crippen MR) is 74.1 cm³/mol. The molecule has 20 heavy (non-hydrogen) atoms. The molecular weight excluding hydrogens is 260 g/mol. The van der Waals surface area contributed by atoms with Crippen molar-refractivity contribution in [2.45, 2.75) is 56.8 Å². The molecule has 116 valence electrons. The fourth-order valence-corrected chi connectivity index (χ4v) is 3.24. The highest BCUT2D eigenvalue weighted by Crippen LogP contribution is 2.28. The summed E-state index contributed by atoms with van der Waals surface area (Å²) >= 11 is 0. The molecule has 2 aliphatic rings. The molecule has 1 aliphatic heterocycles. The largest absolute Gasteiger partial charge is 0.441 e. The van der Waals surface area contributed by atoms with E-state index in [4.69, 9.17) is 15.6 Å². The first kappa shape index (κ1) is 15.5. The number of rotatable bonds is 6. The Labute approximate surface area is 119 Å². The predicted octanol–water partition coefficient (Wildman–Crippen LogP) is 0.458. The van der Waals surface area contributed by atoms with E-state index in [2.05, 4.69) is 0 Å². The zero-order valence-corrected chi connectivity index (χ0v) is 11.9. The normalized spacial score (nSPS) is 27.4. The topological polar surface area (TPSA) is 96.0 Å². The molecule has 0 aromatic rings. The molecule has 4 N–H and O–H groups in total. The second kappa shape index (κ2) is 7.24. The SMILES string of the molecule is NC(CC1CCCCC1)C(O)[C@@H]1CN(CCO)C(=O)O1. The second-order valence-corrected chi connectivity index (χ2v) is 5.99. The van der Waals surface area contributed by atoms with E-state index in [1.54, 1.807) is 0 Å². The Morgan fingerprint density at radius 3 is 2.70 bits per heavy atom. The highest BCUT2D eigenvalue weighted by Gasteiger charge is 2.38. The fraction of sp³-hybridized carbons (Fsp3) is 0.929. The second-order valence-electron chi connectivity index (χ2n) is 5.99. The molecule has 2 rings (SSSR count). The summed E-state index contributed by atoms with van der Waals surface area (Å²) in [5, 5.41) is 19.1. The van der Waals surface area contributed by atoms with Crippen LogP contribution >= 0.6 is 0 Å². The number of carbonyl (C=O) groups excluding carboxylic acids is 1. The zero-order chi connectivity index (χ0) is 14.5. The van der Waals surface area contributed by atoms with Crippen LogP contribution < -0.4 is 5.73 Å². The Kier molecular flexibility index (Phi) is 5.63. The molecule has 6 heteroatoms. The van der Waals surface area contributed by atoms with Crippen LogP contribution in [-0.2, 0) is 4.74 Å². The van der Waals surface area contributed by atoms with Gasteiger partial charge >= 0.3 is 6.09 Å². The van der Waals surface area contributed by atoms with Crippen LogP contribution in [0, 0.1) is 5.92 Å². The van der Waals surface area contributed by atoms with E-state index >= 15 is 0 Å². The number of carbonyl (C=O) groups is 1. The van der Waals surface area contributed by atoms with Gasteiger partial charge in [0.2, 0.25) is 0 Å². The average Bonchev–Trinajstić information content (AvgIpc) is 2.81. The Morgan fingerprint density at radius 1 is 1.35 bits per heavy atom. The maximum absolute atomic E-state index is 11.5. The minimum atomic E-state index is -0.829.